The molecule has 0 aliphatic carbocycles. The average Bonchev–Trinajstić information content (AvgIpc) is 3.55. The lowest BCUT2D eigenvalue weighted by molar-refractivity contribution is -0.200. The van der Waals surface area contributed by atoms with Crippen LogP contribution in [0.25, 0.3) is 0 Å². The van der Waals surface area contributed by atoms with E-state index in [1.807, 2.05) is 19.1 Å². The number of imide groups is 1. The molecular formula is C29H28N2O10. The van der Waals surface area contributed by atoms with Crippen molar-refractivity contribution in [1.82, 2.24) is 5.06 Å². The maximum Gasteiger partial charge on any atom is 0.373 e. The minimum Gasteiger partial charge on any atom is -0.496 e. The summed E-state index contributed by atoms with van der Waals surface area (Å²) in [6.07, 6.45) is -0.167. The summed E-state index contributed by atoms with van der Waals surface area (Å²) in [6, 6.07) is 7.15. The Bertz CT molecular complexity index is 1480. The number of hydroxylamine groups is 2. The molecule has 12 nitrogen and oxygen atoms in total. The van der Waals surface area contributed by atoms with E-state index in [0.29, 0.717) is 56.9 Å². The van der Waals surface area contributed by atoms with E-state index in [1.54, 1.807) is 12.1 Å². The van der Waals surface area contributed by atoms with Crippen molar-refractivity contribution in [2.75, 3.05) is 20.3 Å². The maximum atomic E-state index is 12.4. The maximum absolute atomic E-state index is 12.4. The molecule has 0 spiro atoms. The topological polar surface area (TPSA) is 142 Å². The minimum absolute atomic E-state index is 0.0155. The molecule has 2 aromatic carbocycles. The number of amides is 2. The van der Waals surface area contributed by atoms with Crippen LogP contribution in [-0.4, -0.2) is 66.2 Å². The van der Waals surface area contributed by atoms with Crippen LogP contribution in [0.2, 0.25) is 0 Å². The number of benzene rings is 2. The Kier molecular flexibility index (Phi) is 6.78. The summed E-state index contributed by atoms with van der Waals surface area (Å²) in [4.78, 5) is 46.4. The van der Waals surface area contributed by atoms with E-state index in [1.165, 1.54) is 7.11 Å². The molecule has 1 N–H and O–H groups in total. The highest BCUT2D eigenvalue weighted by Crippen LogP contribution is 2.49. The number of ether oxygens (including phenoxy) is 4. The average molecular weight is 565 g/mol. The Morgan fingerprint density at radius 3 is 2.66 bits per heavy atom. The van der Waals surface area contributed by atoms with Crippen LogP contribution in [-0.2, 0) is 37.1 Å². The normalized spacial score (nSPS) is 23.0. The standard InChI is InChI=1S/C29H28N2O10/c1-14(2)20-10-18-19(39-20)5-4-16-28(30-38-13-26(35)41-31-24(33)6-7-25(31)34)27-17-9-21(36-3)15(11-32)8-22(17)37-12-23(27)40-29(16)18/h4-5,8-9,20,23,27,32H,1,6-7,10-13H2,2-3H3/b30-28+/t20-,23-,27+/m1/s1. The Morgan fingerprint density at radius 1 is 1.17 bits per heavy atom. The Morgan fingerprint density at radius 2 is 1.95 bits per heavy atom. The number of fused-ring (bicyclic) bond motifs is 6. The van der Waals surface area contributed by atoms with Gasteiger partial charge in [0.2, 0.25) is 6.61 Å². The number of nitrogens with zero attached hydrogens (tertiary/aromatic N) is 2. The van der Waals surface area contributed by atoms with Crippen LogP contribution in [0.1, 0.15) is 47.9 Å². The van der Waals surface area contributed by atoms with Gasteiger partial charge in [-0.2, -0.15) is 0 Å². The van der Waals surface area contributed by atoms with Crippen LogP contribution in [0.3, 0.4) is 0 Å². The van der Waals surface area contributed by atoms with Crippen LogP contribution >= 0.6 is 0 Å². The number of hydrogen-bond donors (Lipinski definition) is 1. The highest BCUT2D eigenvalue weighted by molar-refractivity contribution is 6.09. The number of aliphatic hydroxyl groups is 1. The van der Waals surface area contributed by atoms with Crippen LogP contribution in [0.4, 0.5) is 0 Å². The molecule has 41 heavy (non-hydrogen) atoms. The minimum atomic E-state index is -0.949. The van der Waals surface area contributed by atoms with Gasteiger partial charge in [0.25, 0.3) is 11.8 Å². The zero-order valence-corrected chi connectivity index (χ0v) is 22.5. The van der Waals surface area contributed by atoms with E-state index in [-0.39, 0.29) is 32.2 Å². The van der Waals surface area contributed by atoms with Crippen molar-refractivity contribution >= 4 is 23.5 Å². The third kappa shape index (κ3) is 4.63. The van der Waals surface area contributed by atoms with Crippen molar-refractivity contribution in [1.29, 1.82) is 0 Å². The third-order valence-electron chi connectivity index (χ3n) is 7.50. The van der Waals surface area contributed by atoms with Crippen molar-refractivity contribution in [2.45, 2.75) is 50.9 Å². The monoisotopic (exact) mass is 564 g/mol. The molecule has 12 heteroatoms. The van der Waals surface area contributed by atoms with Crippen molar-refractivity contribution in [2.24, 2.45) is 5.16 Å². The number of hydrogen-bond acceptors (Lipinski definition) is 11. The molecule has 0 unspecified atom stereocenters. The van der Waals surface area contributed by atoms with Gasteiger partial charge in [0.1, 0.15) is 47.5 Å². The summed E-state index contributed by atoms with van der Waals surface area (Å²) in [5.41, 5.74) is 4.14. The second-order valence-electron chi connectivity index (χ2n) is 10.2. The highest BCUT2D eigenvalue weighted by Gasteiger charge is 2.45. The fourth-order valence-electron chi connectivity index (χ4n) is 5.46. The van der Waals surface area contributed by atoms with E-state index < -0.39 is 36.4 Å². The van der Waals surface area contributed by atoms with Gasteiger partial charge in [-0.25, -0.2) is 4.79 Å². The molecule has 2 amide bonds. The summed E-state index contributed by atoms with van der Waals surface area (Å²) >= 11 is 0. The Balaban J connectivity index is 1.36. The van der Waals surface area contributed by atoms with Gasteiger partial charge < -0.3 is 33.7 Å². The molecule has 0 radical (unpaired) electrons. The van der Waals surface area contributed by atoms with Crippen LogP contribution < -0.4 is 18.9 Å². The second-order valence-corrected chi connectivity index (χ2v) is 10.2. The summed E-state index contributed by atoms with van der Waals surface area (Å²) in [5, 5.41) is 14.6. The number of methoxy groups -OCH3 is 1. The molecule has 0 bridgehead atoms. The number of carbonyl (C=O) groups is 3. The van der Waals surface area contributed by atoms with Gasteiger partial charge in [0.05, 0.1) is 19.6 Å². The van der Waals surface area contributed by atoms with Crippen LogP contribution in [0, 0.1) is 0 Å². The third-order valence-corrected chi connectivity index (χ3v) is 7.50. The largest absolute Gasteiger partial charge is 0.496 e. The SMILES string of the molecule is C=C(C)[C@H]1Cc2c(ccc3c2O[C@@H]2COc4cc(CO)c(OC)cc4[C@@H]2/C3=N/OCC(=O)ON2C(=O)CCC2=O)O1. The predicted octanol–water partition coefficient (Wildman–Crippen LogP) is 2.33. The number of aliphatic hydroxyl groups excluding tert-OH is 1. The van der Waals surface area contributed by atoms with Gasteiger partial charge >= 0.3 is 5.97 Å². The lowest BCUT2D eigenvalue weighted by atomic mass is 9.80. The molecule has 4 aliphatic heterocycles. The van der Waals surface area contributed by atoms with Gasteiger partial charge in [0, 0.05) is 41.5 Å². The molecule has 1 saturated heterocycles. The Hall–Kier alpha value is -4.58. The van der Waals surface area contributed by atoms with Crippen molar-refractivity contribution in [3.05, 3.63) is 58.7 Å². The molecule has 214 valence electrons. The van der Waals surface area contributed by atoms with Gasteiger partial charge in [-0.3, -0.25) is 9.59 Å². The lowest BCUT2D eigenvalue weighted by Gasteiger charge is -2.39. The summed E-state index contributed by atoms with van der Waals surface area (Å²) < 4.78 is 24.1. The van der Waals surface area contributed by atoms with E-state index in [0.717, 1.165) is 11.1 Å². The number of oxime groups is 1. The van der Waals surface area contributed by atoms with Gasteiger partial charge in [-0.05, 0) is 36.8 Å². The van der Waals surface area contributed by atoms with Gasteiger partial charge in [-0.15, -0.1) is 5.06 Å². The summed E-state index contributed by atoms with van der Waals surface area (Å²) in [7, 11) is 1.51. The smallest absolute Gasteiger partial charge is 0.373 e. The molecule has 2 aromatic rings. The first-order valence-corrected chi connectivity index (χ1v) is 13.1. The van der Waals surface area contributed by atoms with Crippen molar-refractivity contribution in [3.63, 3.8) is 0 Å². The van der Waals surface area contributed by atoms with Crippen LogP contribution in [0.5, 0.6) is 23.0 Å². The van der Waals surface area contributed by atoms with E-state index >= 15 is 0 Å². The molecule has 0 aromatic heterocycles. The zero-order valence-electron chi connectivity index (χ0n) is 22.5. The molecule has 3 atom stereocenters. The van der Waals surface area contributed by atoms with E-state index in [2.05, 4.69) is 11.7 Å². The first kappa shape index (κ1) is 26.6. The van der Waals surface area contributed by atoms with Crippen molar-refractivity contribution < 1.29 is 48.1 Å². The molecule has 6 rings (SSSR count). The number of carbonyl (C=O) groups excluding carboxylic acids is 3. The van der Waals surface area contributed by atoms with Gasteiger partial charge in [-0.1, -0.05) is 11.7 Å². The molecule has 0 saturated carbocycles. The first-order chi connectivity index (χ1) is 19.8. The molecule has 1 fully saturated rings. The molecular weight excluding hydrogens is 536 g/mol. The fourth-order valence-corrected chi connectivity index (χ4v) is 5.46. The first-order valence-electron chi connectivity index (χ1n) is 13.1. The molecule has 4 heterocycles. The molecule has 4 aliphatic rings. The summed E-state index contributed by atoms with van der Waals surface area (Å²) in [5.74, 6) is -0.338. The number of rotatable bonds is 7. The summed E-state index contributed by atoms with van der Waals surface area (Å²) in [6.45, 7) is 5.23. The zero-order chi connectivity index (χ0) is 28.8. The van der Waals surface area contributed by atoms with Gasteiger partial charge in [0.15, 0.2) is 0 Å². The highest BCUT2D eigenvalue weighted by atomic mass is 16.7. The van der Waals surface area contributed by atoms with E-state index in [4.69, 9.17) is 28.6 Å². The second kappa shape index (κ2) is 10.4. The fraction of sp³-hybridized carbons (Fsp3) is 0.379. The Labute approximate surface area is 235 Å². The van der Waals surface area contributed by atoms with Crippen molar-refractivity contribution in [3.8, 4) is 23.0 Å². The quantitative estimate of drug-likeness (QED) is 0.302. The lowest BCUT2D eigenvalue weighted by Crippen LogP contribution is -2.43. The predicted molar refractivity (Wildman–Crippen MR) is 141 cm³/mol. The van der Waals surface area contributed by atoms with Crippen LogP contribution in [0.15, 0.2) is 41.6 Å². The van der Waals surface area contributed by atoms with E-state index in [9.17, 15) is 19.5 Å².